The van der Waals surface area contributed by atoms with Crippen molar-refractivity contribution < 1.29 is 0 Å². The Bertz CT molecular complexity index is 406. The maximum Gasteiger partial charge on any atom is 0.0348 e. The van der Waals surface area contributed by atoms with Crippen molar-refractivity contribution in [1.29, 1.82) is 0 Å². The summed E-state index contributed by atoms with van der Waals surface area (Å²) in [6.45, 7) is 5.58. The van der Waals surface area contributed by atoms with E-state index in [9.17, 15) is 0 Å². The highest BCUT2D eigenvalue weighted by Crippen LogP contribution is 2.36. The van der Waals surface area contributed by atoms with Crippen molar-refractivity contribution >= 4 is 39.5 Å². The normalized spacial score (nSPS) is 17.1. The molecule has 2 nitrogen and oxygen atoms in total. The molecule has 0 atom stereocenters. The van der Waals surface area contributed by atoms with Crippen molar-refractivity contribution in [3.63, 3.8) is 0 Å². The molecular formula is C13H19BrN2S2. The van der Waals surface area contributed by atoms with Crippen molar-refractivity contribution in [1.82, 2.24) is 10.2 Å². The maximum absolute atomic E-state index is 3.70. The second kappa shape index (κ2) is 7.20. The van der Waals surface area contributed by atoms with Crippen LogP contribution >= 0.6 is 39.5 Å². The zero-order chi connectivity index (χ0) is 13.0. The van der Waals surface area contributed by atoms with E-state index < -0.39 is 0 Å². The van der Waals surface area contributed by atoms with Crippen LogP contribution in [0, 0.1) is 0 Å². The number of hydrogen-bond acceptors (Lipinski definition) is 4. The standard InChI is InChI=1S/C13H19BrN2S2/c1-17-12-8-10(7-11(14)13(12)18-2)9-16-5-3-15-4-6-16/h7-8,15H,3-6,9H2,1-2H3. The predicted molar refractivity (Wildman–Crippen MR) is 85.9 cm³/mol. The summed E-state index contributed by atoms with van der Waals surface area (Å²) in [6, 6.07) is 4.61. The lowest BCUT2D eigenvalue weighted by Gasteiger charge is -2.27. The molecule has 0 radical (unpaired) electrons. The number of nitrogens with one attached hydrogen (secondary N) is 1. The molecule has 2 rings (SSSR count). The summed E-state index contributed by atoms with van der Waals surface area (Å²) in [5.74, 6) is 0. The third kappa shape index (κ3) is 3.67. The zero-order valence-corrected chi connectivity index (χ0v) is 14.1. The van der Waals surface area contributed by atoms with E-state index in [0.29, 0.717) is 0 Å². The molecule has 0 saturated carbocycles. The highest BCUT2D eigenvalue weighted by atomic mass is 79.9. The quantitative estimate of drug-likeness (QED) is 0.841. The van der Waals surface area contributed by atoms with Crippen LogP contribution in [0.25, 0.3) is 0 Å². The Balaban J connectivity index is 2.15. The van der Waals surface area contributed by atoms with Crippen LogP contribution in [0.1, 0.15) is 5.56 Å². The average Bonchev–Trinajstić information content (AvgIpc) is 2.39. The molecule has 0 bridgehead atoms. The fourth-order valence-corrected chi connectivity index (χ4v) is 4.89. The van der Waals surface area contributed by atoms with Gasteiger partial charge in [-0.1, -0.05) is 0 Å². The van der Waals surface area contributed by atoms with Crippen LogP contribution in [0.15, 0.2) is 26.4 Å². The molecule has 1 N–H and O–H groups in total. The lowest BCUT2D eigenvalue weighted by molar-refractivity contribution is 0.233. The van der Waals surface area contributed by atoms with Crippen LogP contribution in [0.4, 0.5) is 0 Å². The average molecular weight is 347 g/mol. The topological polar surface area (TPSA) is 15.3 Å². The summed E-state index contributed by atoms with van der Waals surface area (Å²) >= 11 is 7.34. The predicted octanol–water partition coefficient (Wildman–Crippen LogP) is 3.30. The number of benzene rings is 1. The zero-order valence-electron chi connectivity index (χ0n) is 10.8. The van der Waals surface area contributed by atoms with E-state index in [1.165, 1.54) is 19.8 Å². The number of hydrogen-bond donors (Lipinski definition) is 1. The van der Waals surface area contributed by atoms with Gasteiger partial charge in [-0.15, -0.1) is 23.5 Å². The summed E-state index contributed by atoms with van der Waals surface area (Å²) in [5, 5.41) is 3.39. The van der Waals surface area contributed by atoms with Gasteiger partial charge in [0.2, 0.25) is 0 Å². The number of rotatable bonds is 4. The lowest BCUT2D eigenvalue weighted by atomic mass is 10.2. The Morgan fingerprint density at radius 2 is 1.94 bits per heavy atom. The first-order chi connectivity index (χ1) is 8.74. The molecule has 5 heteroatoms. The van der Waals surface area contributed by atoms with E-state index in [4.69, 9.17) is 0 Å². The molecule has 100 valence electrons. The summed E-state index contributed by atoms with van der Waals surface area (Å²) < 4.78 is 1.23. The summed E-state index contributed by atoms with van der Waals surface area (Å²) in [5.41, 5.74) is 1.41. The number of halogens is 1. The second-order valence-electron chi connectivity index (χ2n) is 4.34. The van der Waals surface area contributed by atoms with Crippen LogP contribution in [0.2, 0.25) is 0 Å². The minimum absolute atomic E-state index is 1.06. The van der Waals surface area contributed by atoms with Gasteiger partial charge in [-0.2, -0.15) is 0 Å². The van der Waals surface area contributed by atoms with Crippen molar-refractivity contribution in [2.45, 2.75) is 16.3 Å². The van der Waals surface area contributed by atoms with Gasteiger partial charge in [0, 0.05) is 47.0 Å². The highest BCUT2D eigenvalue weighted by molar-refractivity contribution is 9.10. The minimum atomic E-state index is 1.06. The van der Waals surface area contributed by atoms with Crippen LogP contribution in [0.5, 0.6) is 0 Å². The fourth-order valence-electron chi connectivity index (χ4n) is 2.19. The first-order valence-electron chi connectivity index (χ1n) is 6.08. The van der Waals surface area contributed by atoms with Gasteiger partial charge in [-0.3, -0.25) is 4.90 Å². The molecule has 1 aliphatic heterocycles. The van der Waals surface area contributed by atoms with Gasteiger partial charge >= 0.3 is 0 Å². The van der Waals surface area contributed by atoms with Crippen molar-refractivity contribution in [2.75, 3.05) is 38.7 Å². The van der Waals surface area contributed by atoms with Crippen LogP contribution < -0.4 is 5.32 Å². The lowest BCUT2D eigenvalue weighted by Crippen LogP contribution is -2.42. The van der Waals surface area contributed by atoms with Crippen LogP contribution in [-0.2, 0) is 6.54 Å². The van der Waals surface area contributed by atoms with E-state index in [-0.39, 0.29) is 0 Å². The Hall–Kier alpha value is 0.320. The summed E-state index contributed by atoms with van der Waals surface area (Å²) in [7, 11) is 0. The highest BCUT2D eigenvalue weighted by Gasteiger charge is 2.13. The maximum atomic E-state index is 3.70. The molecule has 1 fully saturated rings. The van der Waals surface area contributed by atoms with E-state index in [0.717, 1.165) is 32.7 Å². The molecule has 0 aliphatic carbocycles. The number of thioether (sulfide) groups is 2. The van der Waals surface area contributed by atoms with E-state index in [2.05, 4.69) is 50.8 Å². The molecule has 1 heterocycles. The third-order valence-electron chi connectivity index (χ3n) is 3.11. The Morgan fingerprint density at radius 3 is 2.56 bits per heavy atom. The van der Waals surface area contributed by atoms with Crippen LogP contribution in [0.3, 0.4) is 0 Å². The smallest absolute Gasteiger partial charge is 0.0348 e. The van der Waals surface area contributed by atoms with Gasteiger partial charge in [-0.25, -0.2) is 0 Å². The SMILES string of the molecule is CSc1cc(CN2CCNCC2)cc(Br)c1SC. The molecule has 0 aromatic heterocycles. The molecule has 18 heavy (non-hydrogen) atoms. The molecule has 1 aromatic rings. The summed E-state index contributed by atoms with van der Waals surface area (Å²) in [4.78, 5) is 5.25. The molecule has 1 aliphatic rings. The van der Waals surface area contributed by atoms with Gasteiger partial charge in [0.1, 0.15) is 0 Å². The van der Waals surface area contributed by atoms with Gasteiger partial charge in [0.15, 0.2) is 0 Å². The minimum Gasteiger partial charge on any atom is -0.314 e. The van der Waals surface area contributed by atoms with Crippen molar-refractivity contribution in [3.8, 4) is 0 Å². The first-order valence-corrected chi connectivity index (χ1v) is 9.32. The molecule has 1 aromatic carbocycles. The second-order valence-corrected chi connectivity index (χ2v) is 6.86. The molecular weight excluding hydrogens is 328 g/mol. The number of piperazine rings is 1. The molecule has 0 unspecified atom stereocenters. The largest absolute Gasteiger partial charge is 0.314 e. The molecule has 0 amide bonds. The van der Waals surface area contributed by atoms with Gasteiger partial charge in [0.05, 0.1) is 0 Å². The molecule has 0 spiro atoms. The Kier molecular flexibility index (Phi) is 5.89. The number of nitrogens with zero attached hydrogens (tertiary/aromatic N) is 1. The van der Waals surface area contributed by atoms with E-state index in [1.54, 1.807) is 0 Å². The Morgan fingerprint density at radius 1 is 1.22 bits per heavy atom. The molecule has 1 saturated heterocycles. The van der Waals surface area contributed by atoms with E-state index in [1.807, 2.05) is 23.5 Å². The van der Waals surface area contributed by atoms with E-state index >= 15 is 0 Å². The van der Waals surface area contributed by atoms with Crippen LogP contribution in [-0.4, -0.2) is 43.6 Å². The van der Waals surface area contributed by atoms with Gasteiger partial charge < -0.3 is 5.32 Å². The Labute approximate surface area is 126 Å². The van der Waals surface area contributed by atoms with Gasteiger partial charge in [0.25, 0.3) is 0 Å². The first kappa shape index (κ1) is 14.7. The van der Waals surface area contributed by atoms with Crippen molar-refractivity contribution in [2.24, 2.45) is 0 Å². The van der Waals surface area contributed by atoms with Gasteiger partial charge in [-0.05, 0) is 46.1 Å². The fraction of sp³-hybridized carbons (Fsp3) is 0.538. The third-order valence-corrected chi connectivity index (χ3v) is 5.74. The van der Waals surface area contributed by atoms with Crippen molar-refractivity contribution in [3.05, 3.63) is 22.2 Å². The summed E-state index contributed by atoms with van der Waals surface area (Å²) in [6.07, 6.45) is 4.28. The monoisotopic (exact) mass is 346 g/mol.